The highest BCUT2D eigenvalue weighted by atomic mass is 16.4. The van der Waals surface area contributed by atoms with Gasteiger partial charge in [0.15, 0.2) is 0 Å². The number of rotatable bonds is 3. The number of amides is 1. The lowest BCUT2D eigenvalue weighted by Crippen LogP contribution is -2.51. The molecule has 0 bridgehead atoms. The van der Waals surface area contributed by atoms with E-state index in [9.17, 15) is 4.79 Å². The van der Waals surface area contributed by atoms with Gasteiger partial charge in [-0.25, -0.2) is 4.98 Å². The van der Waals surface area contributed by atoms with Gasteiger partial charge in [0.25, 0.3) is 0 Å². The van der Waals surface area contributed by atoms with Crippen LogP contribution in [0.4, 0.5) is 0 Å². The quantitative estimate of drug-likeness (QED) is 0.912. The van der Waals surface area contributed by atoms with Gasteiger partial charge in [0.05, 0.1) is 12.2 Å². The van der Waals surface area contributed by atoms with Crippen molar-refractivity contribution in [1.29, 1.82) is 0 Å². The number of hydrogen-bond donors (Lipinski definition) is 1. The van der Waals surface area contributed by atoms with Crippen molar-refractivity contribution >= 4 is 5.91 Å². The van der Waals surface area contributed by atoms with Gasteiger partial charge >= 0.3 is 0 Å². The van der Waals surface area contributed by atoms with E-state index in [1.165, 1.54) is 0 Å². The van der Waals surface area contributed by atoms with Crippen molar-refractivity contribution in [3.8, 4) is 0 Å². The monoisotopic (exact) mass is 320 g/mol. The van der Waals surface area contributed by atoms with Crippen LogP contribution in [-0.4, -0.2) is 52.9 Å². The predicted octanol–water partition coefficient (Wildman–Crippen LogP) is 1.45. The maximum Gasteiger partial charge on any atom is 0.225 e. The van der Waals surface area contributed by atoms with E-state index in [2.05, 4.69) is 9.88 Å². The summed E-state index contributed by atoms with van der Waals surface area (Å²) in [5.74, 6) is 2.12. The molecule has 2 fully saturated rings. The zero-order chi connectivity index (χ0) is 16.4. The maximum atomic E-state index is 12.6. The second kappa shape index (κ2) is 7.01. The molecule has 2 heterocycles. The minimum Gasteiger partial charge on any atom is -0.444 e. The Morgan fingerprint density at radius 3 is 2.61 bits per heavy atom. The molecule has 3 rings (SSSR count). The van der Waals surface area contributed by atoms with E-state index in [1.54, 1.807) is 0 Å². The summed E-state index contributed by atoms with van der Waals surface area (Å²) in [6.07, 6.45) is 4.00. The van der Waals surface area contributed by atoms with Crippen LogP contribution in [0.15, 0.2) is 4.42 Å². The van der Waals surface area contributed by atoms with Crippen molar-refractivity contribution in [2.45, 2.75) is 52.1 Å². The average Bonchev–Trinajstić information content (AvgIpc) is 2.85. The molecule has 1 aliphatic heterocycles. The Kier molecular flexibility index (Phi) is 5.02. The Bertz CT molecular complexity index is 529. The van der Waals surface area contributed by atoms with E-state index in [0.717, 1.165) is 75.8 Å². The number of hydrogen-bond acceptors (Lipinski definition) is 5. The third-order valence-electron chi connectivity index (χ3n) is 5.18. The van der Waals surface area contributed by atoms with Crippen molar-refractivity contribution < 1.29 is 9.21 Å². The van der Waals surface area contributed by atoms with Gasteiger partial charge in [-0.05, 0) is 33.1 Å². The SMILES string of the molecule is Cc1nc(CN2CCN(C(=O)[C@H]3CCC[C@H](N)C3)CC2)oc1C. The summed E-state index contributed by atoms with van der Waals surface area (Å²) >= 11 is 0. The van der Waals surface area contributed by atoms with Crippen LogP contribution >= 0.6 is 0 Å². The van der Waals surface area contributed by atoms with Crippen LogP contribution in [0.5, 0.6) is 0 Å². The molecule has 0 spiro atoms. The van der Waals surface area contributed by atoms with E-state index in [-0.39, 0.29) is 12.0 Å². The molecule has 0 unspecified atom stereocenters. The molecule has 0 aromatic carbocycles. The van der Waals surface area contributed by atoms with Gasteiger partial charge < -0.3 is 15.1 Å². The number of nitrogens with two attached hydrogens (primary N) is 1. The molecule has 1 aliphatic carbocycles. The van der Waals surface area contributed by atoms with Crippen molar-refractivity contribution in [2.75, 3.05) is 26.2 Å². The maximum absolute atomic E-state index is 12.6. The Balaban J connectivity index is 1.49. The van der Waals surface area contributed by atoms with Gasteiger partial charge in [0.1, 0.15) is 5.76 Å². The summed E-state index contributed by atoms with van der Waals surface area (Å²) in [6.45, 7) is 7.98. The standard InChI is InChI=1S/C17H28N4O2/c1-12-13(2)23-16(19-12)11-20-6-8-21(9-7-20)17(22)14-4-3-5-15(18)10-14/h14-15H,3-11,18H2,1-2H3/t14-,15-/m0/s1. The molecule has 128 valence electrons. The number of piperazine rings is 1. The molecule has 1 amide bonds. The zero-order valence-electron chi connectivity index (χ0n) is 14.3. The largest absolute Gasteiger partial charge is 0.444 e. The summed E-state index contributed by atoms with van der Waals surface area (Å²) in [5.41, 5.74) is 6.98. The number of carbonyl (C=O) groups is 1. The van der Waals surface area contributed by atoms with Crippen molar-refractivity contribution in [3.63, 3.8) is 0 Å². The van der Waals surface area contributed by atoms with E-state index >= 15 is 0 Å². The molecule has 1 saturated carbocycles. The fourth-order valence-corrected chi connectivity index (χ4v) is 3.63. The van der Waals surface area contributed by atoms with Crippen molar-refractivity contribution in [1.82, 2.24) is 14.8 Å². The Morgan fingerprint density at radius 2 is 2.00 bits per heavy atom. The molecular formula is C17H28N4O2. The summed E-state index contributed by atoms with van der Waals surface area (Å²) in [5, 5.41) is 0. The zero-order valence-corrected chi connectivity index (χ0v) is 14.3. The molecule has 1 aromatic rings. The van der Waals surface area contributed by atoms with Crippen molar-refractivity contribution in [2.24, 2.45) is 11.7 Å². The Hall–Kier alpha value is -1.40. The lowest BCUT2D eigenvalue weighted by atomic mass is 9.85. The van der Waals surface area contributed by atoms with E-state index < -0.39 is 0 Å². The first-order valence-electron chi connectivity index (χ1n) is 8.72. The minimum absolute atomic E-state index is 0.141. The average molecular weight is 320 g/mol. The molecule has 1 saturated heterocycles. The normalized spacial score (nSPS) is 26.5. The molecule has 2 atom stereocenters. The fourth-order valence-electron chi connectivity index (χ4n) is 3.63. The Labute approximate surface area is 138 Å². The van der Waals surface area contributed by atoms with Crippen LogP contribution in [0.2, 0.25) is 0 Å². The molecule has 2 aliphatic rings. The lowest BCUT2D eigenvalue weighted by Gasteiger charge is -2.37. The number of nitrogens with zero attached hydrogens (tertiary/aromatic N) is 3. The topological polar surface area (TPSA) is 75.6 Å². The first kappa shape index (κ1) is 16.5. The van der Waals surface area contributed by atoms with E-state index in [4.69, 9.17) is 10.2 Å². The highest BCUT2D eigenvalue weighted by Gasteiger charge is 2.30. The number of aromatic nitrogens is 1. The third-order valence-corrected chi connectivity index (χ3v) is 5.18. The summed E-state index contributed by atoms with van der Waals surface area (Å²) in [7, 11) is 0. The van der Waals surface area contributed by atoms with E-state index in [0.29, 0.717) is 5.91 Å². The van der Waals surface area contributed by atoms with Gasteiger partial charge in [0, 0.05) is 38.1 Å². The molecule has 6 heteroatoms. The third kappa shape index (κ3) is 3.93. The van der Waals surface area contributed by atoms with Crippen LogP contribution in [0.25, 0.3) is 0 Å². The molecule has 23 heavy (non-hydrogen) atoms. The fraction of sp³-hybridized carbons (Fsp3) is 0.765. The lowest BCUT2D eigenvalue weighted by molar-refractivity contribution is -0.138. The predicted molar refractivity (Wildman–Crippen MR) is 87.8 cm³/mol. The second-order valence-electron chi connectivity index (χ2n) is 6.97. The first-order chi connectivity index (χ1) is 11.0. The van der Waals surface area contributed by atoms with Gasteiger partial charge in [-0.3, -0.25) is 9.69 Å². The number of carbonyl (C=O) groups excluding carboxylic acids is 1. The molecule has 1 aromatic heterocycles. The smallest absolute Gasteiger partial charge is 0.225 e. The molecule has 6 nitrogen and oxygen atoms in total. The van der Waals surface area contributed by atoms with Crippen LogP contribution < -0.4 is 5.73 Å². The summed E-state index contributed by atoms with van der Waals surface area (Å²) in [4.78, 5) is 21.4. The van der Waals surface area contributed by atoms with Crippen LogP contribution in [0.1, 0.15) is 43.0 Å². The van der Waals surface area contributed by atoms with Crippen LogP contribution in [0.3, 0.4) is 0 Å². The van der Waals surface area contributed by atoms with Gasteiger partial charge in [-0.2, -0.15) is 0 Å². The van der Waals surface area contributed by atoms with Crippen LogP contribution in [-0.2, 0) is 11.3 Å². The van der Waals surface area contributed by atoms with Crippen molar-refractivity contribution in [3.05, 3.63) is 17.3 Å². The summed E-state index contributed by atoms with van der Waals surface area (Å²) < 4.78 is 5.65. The number of aryl methyl sites for hydroxylation is 2. The molecule has 0 radical (unpaired) electrons. The van der Waals surface area contributed by atoms with Gasteiger partial charge in [-0.1, -0.05) is 6.42 Å². The number of oxazole rings is 1. The summed E-state index contributed by atoms with van der Waals surface area (Å²) in [6, 6.07) is 0.204. The first-order valence-corrected chi connectivity index (χ1v) is 8.72. The van der Waals surface area contributed by atoms with Crippen LogP contribution in [0, 0.1) is 19.8 Å². The highest BCUT2D eigenvalue weighted by molar-refractivity contribution is 5.79. The second-order valence-corrected chi connectivity index (χ2v) is 6.97. The van der Waals surface area contributed by atoms with Gasteiger partial charge in [-0.15, -0.1) is 0 Å². The Morgan fingerprint density at radius 1 is 1.26 bits per heavy atom. The molecule has 2 N–H and O–H groups in total. The van der Waals surface area contributed by atoms with Gasteiger partial charge in [0.2, 0.25) is 11.8 Å². The highest BCUT2D eigenvalue weighted by Crippen LogP contribution is 2.25. The van der Waals surface area contributed by atoms with E-state index in [1.807, 2.05) is 18.7 Å². The minimum atomic E-state index is 0.141. The molecular weight excluding hydrogens is 292 g/mol.